The molecular weight excluding hydrogens is 532 g/mol. The van der Waals surface area contributed by atoms with E-state index in [0.29, 0.717) is 16.7 Å². The van der Waals surface area contributed by atoms with E-state index in [9.17, 15) is 23.3 Å². The summed E-state index contributed by atoms with van der Waals surface area (Å²) in [5.74, 6) is -0.815. The van der Waals surface area contributed by atoms with Gasteiger partial charge in [0.1, 0.15) is 0 Å². The van der Waals surface area contributed by atoms with E-state index < -0.39 is 38.8 Å². The Balaban J connectivity index is 1.85. The molecule has 4 aromatic carbocycles. The van der Waals surface area contributed by atoms with E-state index in [1.807, 2.05) is 6.92 Å². The molecule has 0 saturated carbocycles. The Hall–Kier alpha value is -4.38. The van der Waals surface area contributed by atoms with E-state index in [1.54, 1.807) is 72.8 Å². The molecule has 0 amide bonds. The number of benzene rings is 4. The first-order chi connectivity index (χ1) is 19.2. The first kappa shape index (κ1) is 27.2. The summed E-state index contributed by atoms with van der Waals surface area (Å²) in [4.78, 5) is 24.7. The summed E-state index contributed by atoms with van der Waals surface area (Å²) in [6.07, 6.45) is -1.24. The Bertz CT molecular complexity index is 1630. The number of carbonyl (C=O) groups is 1. The van der Waals surface area contributed by atoms with Crippen molar-refractivity contribution < 1.29 is 27.6 Å². The molecule has 10 heteroatoms. The van der Waals surface area contributed by atoms with Crippen molar-refractivity contribution in [3.63, 3.8) is 0 Å². The number of aryl methyl sites for hydroxylation is 1. The molecule has 1 aliphatic heterocycles. The smallest absolute Gasteiger partial charge is 0.345 e. The summed E-state index contributed by atoms with van der Waals surface area (Å²) in [7, 11) is -3.12. The highest BCUT2D eigenvalue weighted by molar-refractivity contribution is 7.89. The Kier molecular flexibility index (Phi) is 7.24. The molecule has 0 unspecified atom stereocenters. The van der Waals surface area contributed by atoms with E-state index in [4.69, 9.17) is 9.47 Å². The third-order valence-corrected chi connectivity index (χ3v) is 8.79. The Morgan fingerprint density at radius 1 is 0.875 bits per heavy atom. The van der Waals surface area contributed by atoms with Gasteiger partial charge in [-0.2, -0.15) is 4.31 Å². The van der Waals surface area contributed by atoms with Crippen LogP contribution in [0.5, 0.6) is 0 Å². The molecule has 1 fully saturated rings. The van der Waals surface area contributed by atoms with Crippen LogP contribution in [0.1, 0.15) is 34.5 Å². The van der Waals surface area contributed by atoms with Gasteiger partial charge < -0.3 is 9.47 Å². The fourth-order valence-electron chi connectivity index (χ4n) is 5.04. The summed E-state index contributed by atoms with van der Waals surface area (Å²) in [5, 5.41) is 11.4. The van der Waals surface area contributed by atoms with Crippen LogP contribution in [0.4, 0.5) is 5.69 Å². The van der Waals surface area contributed by atoms with Crippen LogP contribution in [0, 0.1) is 17.0 Å². The molecule has 40 heavy (non-hydrogen) atoms. The predicted octanol–water partition coefficient (Wildman–Crippen LogP) is 5.43. The number of sulfonamides is 1. The minimum atomic E-state index is -4.33. The van der Waals surface area contributed by atoms with E-state index >= 15 is 0 Å². The highest BCUT2D eigenvalue weighted by Crippen LogP contribution is 2.57. The second-order valence-electron chi connectivity index (χ2n) is 9.37. The minimum Gasteiger partial charge on any atom is -0.467 e. The monoisotopic (exact) mass is 558 g/mol. The van der Waals surface area contributed by atoms with Crippen LogP contribution in [-0.2, 0) is 29.9 Å². The van der Waals surface area contributed by atoms with Crippen molar-refractivity contribution in [3.8, 4) is 0 Å². The second-order valence-corrected chi connectivity index (χ2v) is 11.2. The Labute approximate surface area is 231 Å². The Morgan fingerprint density at radius 3 is 2.00 bits per heavy atom. The summed E-state index contributed by atoms with van der Waals surface area (Å²) in [6, 6.07) is 27.7. The van der Waals surface area contributed by atoms with Gasteiger partial charge in [-0.25, -0.2) is 13.2 Å². The van der Waals surface area contributed by atoms with Crippen LogP contribution in [0.15, 0.2) is 114 Å². The number of non-ortho nitro benzene ring substituents is 1. The molecule has 3 atom stereocenters. The number of esters is 1. The van der Waals surface area contributed by atoms with Crippen LogP contribution in [0.3, 0.4) is 0 Å². The second kappa shape index (κ2) is 10.6. The van der Waals surface area contributed by atoms with Crippen molar-refractivity contribution in [2.75, 3.05) is 7.11 Å². The average molecular weight is 559 g/mol. The molecule has 204 valence electrons. The van der Waals surface area contributed by atoms with Gasteiger partial charge in [0.05, 0.1) is 23.0 Å². The van der Waals surface area contributed by atoms with Gasteiger partial charge in [0, 0.05) is 12.1 Å². The highest BCUT2D eigenvalue weighted by atomic mass is 32.2. The number of nitrogens with zero attached hydrogens (tertiary/aromatic N) is 2. The maximum atomic E-state index is 14.5. The van der Waals surface area contributed by atoms with Gasteiger partial charge >= 0.3 is 5.97 Å². The number of nitro benzene ring substituents is 1. The predicted molar refractivity (Wildman–Crippen MR) is 146 cm³/mol. The molecule has 1 saturated heterocycles. The molecule has 0 aliphatic carbocycles. The standard InChI is InChI=1S/C30H26N2O7S/c1-21-13-19-26(20-14-21)40(36,37)31-27(22-15-17-25(18-16-22)32(34)35)30(29(33)38-2,24-11-7-4-8-12-24)39-28(31)23-9-5-3-6-10-23/h3-20,27-28H,1-2H3/t27-,28-,30+/m1/s1. The van der Waals surface area contributed by atoms with E-state index in [2.05, 4.69) is 0 Å². The lowest BCUT2D eigenvalue weighted by Gasteiger charge is -2.34. The molecule has 0 bridgehead atoms. The lowest BCUT2D eigenvalue weighted by Crippen LogP contribution is -2.45. The third-order valence-electron chi connectivity index (χ3n) is 6.96. The van der Waals surface area contributed by atoms with Crippen molar-refractivity contribution in [3.05, 3.63) is 142 Å². The largest absolute Gasteiger partial charge is 0.467 e. The van der Waals surface area contributed by atoms with E-state index in [0.717, 1.165) is 9.87 Å². The van der Waals surface area contributed by atoms with Gasteiger partial charge in [0.25, 0.3) is 5.69 Å². The zero-order chi connectivity index (χ0) is 28.5. The SMILES string of the molecule is COC(=O)[C@@]1(c2ccccc2)O[C@H](c2ccccc2)N(S(=O)(=O)c2ccc(C)cc2)[C@@H]1c1ccc([N+](=O)[O-])cc1. The molecule has 0 N–H and O–H groups in total. The van der Waals surface area contributed by atoms with E-state index in [-0.39, 0.29) is 10.6 Å². The molecular formula is C30H26N2O7S. The number of hydrogen-bond acceptors (Lipinski definition) is 7. The summed E-state index contributed by atoms with van der Waals surface area (Å²) in [5.41, 5.74) is -0.0896. The van der Waals surface area contributed by atoms with Gasteiger partial charge in [-0.1, -0.05) is 90.5 Å². The van der Waals surface area contributed by atoms with Gasteiger partial charge in [0.15, 0.2) is 6.23 Å². The van der Waals surface area contributed by atoms with Crippen molar-refractivity contribution in [1.29, 1.82) is 0 Å². The lowest BCUT2D eigenvalue weighted by atomic mass is 9.83. The van der Waals surface area contributed by atoms with Crippen molar-refractivity contribution in [2.45, 2.75) is 29.7 Å². The fraction of sp³-hybridized carbons (Fsp3) is 0.167. The van der Waals surface area contributed by atoms with Crippen LogP contribution < -0.4 is 0 Å². The zero-order valence-corrected chi connectivity index (χ0v) is 22.5. The van der Waals surface area contributed by atoms with Gasteiger partial charge in [-0.15, -0.1) is 0 Å². The molecule has 5 rings (SSSR count). The maximum absolute atomic E-state index is 14.5. The van der Waals surface area contributed by atoms with Gasteiger partial charge in [0.2, 0.25) is 15.6 Å². The maximum Gasteiger partial charge on any atom is 0.345 e. The minimum absolute atomic E-state index is 0.00303. The first-order valence-electron chi connectivity index (χ1n) is 12.4. The molecule has 4 aromatic rings. The normalized spacial score (nSPS) is 21.1. The summed E-state index contributed by atoms with van der Waals surface area (Å²) < 4.78 is 42.1. The third kappa shape index (κ3) is 4.56. The molecule has 9 nitrogen and oxygen atoms in total. The van der Waals surface area contributed by atoms with Gasteiger partial charge in [-0.3, -0.25) is 10.1 Å². The molecule has 1 aliphatic rings. The van der Waals surface area contributed by atoms with Crippen LogP contribution >= 0.6 is 0 Å². The lowest BCUT2D eigenvalue weighted by molar-refractivity contribution is -0.384. The number of methoxy groups -OCH3 is 1. The molecule has 0 spiro atoms. The van der Waals surface area contributed by atoms with Gasteiger partial charge in [-0.05, 0) is 35.7 Å². The van der Waals surface area contributed by atoms with Crippen molar-refractivity contribution in [2.24, 2.45) is 0 Å². The number of nitro groups is 1. The summed E-state index contributed by atoms with van der Waals surface area (Å²) >= 11 is 0. The van der Waals surface area contributed by atoms with E-state index in [1.165, 1.54) is 43.5 Å². The fourth-order valence-corrected chi connectivity index (χ4v) is 6.73. The number of carbonyl (C=O) groups excluding carboxylic acids is 1. The number of hydrogen-bond donors (Lipinski definition) is 0. The average Bonchev–Trinajstić information content (AvgIpc) is 3.36. The molecule has 0 aromatic heterocycles. The highest BCUT2D eigenvalue weighted by Gasteiger charge is 2.64. The van der Waals surface area contributed by atoms with Crippen LogP contribution in [0.2, 0.25) is 0 Å². The quantitative estimate of drug-likeness (QED) is 0.169. The molecule has 0 radical (unpaired) electrons. The molecule has 1 heterocycles. The van der Waals surface area contributed by atoms with Crippen molar-refractivity contribution in [1.82, 2.24) is 4.31 Å². The van der Waals surface area contributed by atoms with Crippen LogP contribution in [0.25, 0.3) is 0 Å². The number of rotatable bonds is 7. The zero-order valence-electron chi connectivity index (χ0n) is 21.7. The van der Waals surface area contributed by atoms with Crippen molar-refractivity contribution >= 4 is 21.7 Å². The Morgan fingerprint density at radius 2 is 1.45 bits per heavy atom. The number of ether oxygens (including phenoxy) is 2. The topological polar surface area (TPSA) is 116 Å². The van der Waals surface area contributed by atoms with Crippen LogP contribution in [-0.4, -0.2) is 30.7 Å². The summed E-state index contributed by atoms with van der Waals surface area (Å²) in [6.45, 7) is 1.85. The first-order valence-corrected chi connectivity index (χ1v) is 13.9.